The zero-order valence-electron chi connectivity index (χ0n) is 20.6. The first-order valence-corrected chi connectivity index (χ1v) is 13.5. The number of nitrogens with one attached hydrogen (secondary N) is 2. The number of benzene rings is 2. The quantitative estimate of drug-likeness (QED) is 0.224. The number of ether oxygens (including phenoxy) is 1. The lowest BCUT2D eigenvalue weighted by atomic mass is 9.81. The summed E-state index contributed by atoms with van der Waals surface area (Å²) in [5.41, 5.74) is 3.18. The van der Waals surface area contributed by atoms with Crippen LogP contribution in [0.25, 0.3) is 10.9 Å². The van der Waals surface area contributed by atoms with Crippen LogP contribution in [0, 0.1) is 12.8 Å². The summed E-state index contributed by atoms with van der Waals surface area (Å²) < 4.78 is 21.8. The Morgan fingerprint density at radius 1 is 1.19 bits per heavy atom. The number of fused-ring (bicyclic) bond motifs is 1. The lowest BCUT2D eigenvalue weighted by molar-refractivity contribution is -0.151. The second kappa shape index (κ2) is 10.7. The van der Waals surface area contributed by atoms with E-state index >= 15 is 0 Å². The Morgan fingerprint density at radius 2 is 1.92 bits per heavy atom. The number of hydrogen-bond donors (Lipinski definition) is 3. The summed E-state index contributed by atoms with van der Waals surface area (Å²) >= 11 is -1.75. The largest absolute Gasteiger partial charge is 0.593 e. The van der Waals surface area contributed by atoms with E-state index in [-0.39, 0.29) is 19.0 Å². The number of carbonyl (C=O) groups is 2. The van der Waals surface area contributed by atoms with E-state index in [1.54, 1.807) is 34.6 Å². The minimum absolute atomic E-state index is 0.0164. The highest BCUT2D eigenvalue weighted by molar-refractivity contribution is 7.89. The highest BCUT2D eigenvalue weighted by atomic mass is 32.2. The number of aromatic nitrogens is 1. The van der Waals surface area contributed by atoms with Crippen LogP contribution in [0.15, 0.2) is 59.5 Å². The van der Waals surface area contributed by atoms with Gasteiger partial charge in [-0.15, -0.1) is 4.72 Å². The molecule has 1 aromatic heterocycles. The average Bonchev–Trinajstić information content (AvgIpc) is 2.86. The minimum Gasteiger partial charge on any atom is -0.593 e. The molecule has 1 atom stereocenters. The smallest absolute Gasteiger partial charge is 0.271 e. The SMILES string of the molecule is Cc1cc(COc2ccc([S+]([O-])NC3(C(=O)NO)CN(C(=O)CC4CCC4)C3)cc2)c2ccccc2n1. The summed E-state index contributed by atoms with van der Waals surface area (Å²) in [5.74, 6) is 0.294. The molecule has 1 aliphatic carbocycles. The van der Waals surface area contributed by atoms with Gasteiger partial charge in [-0.05, 0) is 62.1 Å². The molecule has 3 N–H and O–H groups in total. The van der Waals surface area contributed by atoms with Gasteiger partial charge in [-0.1, -0.05) is 24.6 Å². The molecule has 1 saturated heterocycles. The summed E-state index contributed by atoms with van der Waals surface area (Å²) in [6.45, 7) is 2.41. The fourth-order valence-corrected chi connectivity index (χ4v) is 5.87. The third-order valence-electron chi connectivity index (χ3n) is 7.15. The van der Waals surface area contributed by atoms with E-state index in [4.69, 9.17) is 4.74 Å². The number of nitrogens with zero attached hydrogens (tertiary/aromatic N) is 2. The van der Waals surface area contributed by atoms with Crippen LogP contribution in [0.4, 0.5) is 0 Å². The molecular formula is C27H30N4O5S. The molecule has 2 fully saturated rings. The molecule has 0 radical (unpaired) electrons. The van der Waals surface area contributed by atoms with E-state index in [1.165, 1.54) is 0 Å². The van der Waals surface area contributed by atoms with E-state index in [9.17, 15) is 19.3 Å². The number of amides is 2. The number of likely N-dealkylation sites (tertiary alicyclic amines) is 1. The van der Waals surface area contributed by atoms with Crippen LogP contribution in [0.1, 0.15) is 36.9 Å². The number of para-hydroxylation sites is 1. The molecule has 2 aromatic carbocycles. The topological polar surface area (TPSA) is 127 Å². The van der Waals surface area contributed by atoms with Gasteiger partial charge in [-0.2, -0.15) is 0 Å². The monoisotopic (exact) mass is 522 g/mol. The lowest BCUT2D eigenvalue weighted by Crippen LogP contribution is -2.76. The van der Waals surface area contributed by atoms with Crippen molar-refractivity contribution in [3.63, 3.8) is 0 Å². The number of carbonyl (C=O) groups excluding carboxylic acids is 2. The van der Waals surface area contributed by atoms with Crippen LogP contribution in [-0.2, 0) is 27.6 Å². The van der Waals surface area contributed by atoms with E-state index in [0.29, 0.717) is 29.6 Å². The normalized spacial score (nSPS) is 17.5. The van der Waals surface area contributed by atoms with Gasteiger partial charge in [-0.3, -0.25) is 19.8 Å². The van der Waals surface area contributed by atoms with Crippen LogP contribution in [0.3, 0.4) is 0 Å². The Bertz CT molecular complexity index is 1290. The number of hydroxylamine groups is 1. The van der Waals surface area contributed by atoms with Crippen molar-refractivity contribution in [3.8, 4) is 5.75 Å². The first kappa shape index (κ1) is 25.5. The second-order valence-electron chi connectivity index (χ2n) is 9.84. The fourth-order valence-electron chi connectivity index (χ4n) is 4.79. The van der Waals surface area contributed by atoms with Crippen molar-refractivity contribution in [1.82, 2.24) is 20.1 Å². The zero-order chi connectivity index (χ0) is 26.0. The standard InChI is InChI=1S/C27H30N4O5S/c1-18-13-20(23-7-2-3-8-24(23)28-18)15-36-21-9-11-22(12-10-21)37(35)30-27(26(33)29-34)16-31(17-27)25(32)14-19-5-4-6-19/h2-3,7-13,19,30,34H,4-6,14-17H2,1H3,(H,29,33). The van der Waals surface area contributed by atoms with Gasteiger partial charge in [-0.25, -0.2) is 5.48 Å². The summed E-state index contributed by atoms with van der Waals surface area (Å²) in [7, 11) is 0. The molecule has 5 rings (SSSR count). The van der Waals surface area contributed by atoms with Crippen LogP contribution in [0.2, 0.25) is 0 Å². The summed E-state index contributed by atoms with van der Waals surface area (Å²) in [4.78, 5) is 31.5. The molecule has 194 valence electrons. The van der Waals surface area contributed by atoms with Gasteiger partial charge in [0.05, 0.1) is 30.0 Å². The molecule has 1 unspecified atom stereocenters. The zero-order valence-corrected chi connectivity index (χ0v) is 21.4. The van der Waals surface area contributed by atoms with Crippen molar-refractivity contribution >= 4 is 34.1 Å². The van der Waals surface area contributed by atoms with Gasteiger partial charge in [0.1, 0.15) is 12.4 Å². The summed E-state index contributed by atoms with van der Waals surface area (Å²) in [5, 5.41) is 10.3. The maximum Gasteiger partial charge on any atom is 0.271 e. The average molecular weight is 523 g/mol. The lowest BCUT2D eigenvalue weighted by Gasteiger charge is -2.47. The highest BCUT2D eigenvalue weighted by Gasteiger charge is 2.54. The van der Waals surface area contributed by atoms with Gasteiger partial charge < -0.3 is 14.2 Å². The van der Waals surface area contributed by atoms with Gasteiger partial charge >= 0.3 is 0 Å². The summed E-state index contributed by atoms with van der Waals surface area (Å²) in [6, 6.07) is 16.7. The van der Waals surface area contributed by atoms with E-state index in [2.05, 4.69) is 9.71 Å². The van der Waals surface area contributed by atoms with E-state index < -0.39 is 22.8 Å². The number of aryl methyl sites for hydroxylation is 1. The Hall–Kier alpha value is -3.18. The van der Waals surface area contributed by atoms with Gasteiger partial charge in [0, 0.05) is 23.1 Å². The predicted molar refractivity (Wildman–Crippen MR) is 138 cm³/mol. The van der Waals surface area contributed by atoms with Crippen molar-refractivity contribution in [2.24, 2.45) is 5.92 Å². The molecule has 37 heavy (non-hydrogen) atoms. The molecule has 1 aliphatic heterocycles. The Morgan fingerprint density at radius 3 is 2.59 bits per heavy atom. The molecule has 2 heterocycles. The minimum atomic E-state index is -1.75. The van der Waals surface area contributed by atoms with E-state index in [0.717, 1.165) is 41.4 Å². The molecule has 10 heteroatoms. The van der Waals surface area contributed by atoms with Crippen LogP contribution < -0.4 is 14.9 Å². The Kier molecular flexibility index (Phi) is 7.34. The number of hydrogen-bond acceptors (Lipinski definition) is 7. The predicted octanol–water partition coefficient (Wildman–Crippen LogP) is 3.01. The van der Waals surface area contributed by atoms with Gasteiger partial charge in [0.15, 0.2) is 10.4 Å². The molecule has 9 nitrogen and oxygen atoms in total. The van der Waals surface area contributed by atoms with Crippen molar-refractivity contribution < 1.29 is 24.1 Å². The highest BCUT2D eigenvalue weighted by Crippen LogP contribution is 2.32. The maximum absolute atomic E-state index is 13.0. The molecular weight excluding hydrogens is 492 g/mol. The molecule has 2 aliphatic rings. The molecule has 0 bridgehead atoms. The molecule has 3 aromatic rings. The van der Waals surface area contributed by atoms with Crippen LogP contribution in [0.5, 0.6) is 5.75 Å². The first-order chi connectivity index (χ1) is 17.9. The molecule has 0 spiro atoms. The molecule has 2 amide bonds. The van der Waals surface area contributed by atoms with E-state index in [1.807, 2.05) is 37.3 Å². The first-order valence-electron chi connectivity index (χ1n) is 12.4. The van der Waals surface area contributed by atoms with Gasteiger partial charge in [0.2, 0.25) is 5.91 Å². The summed E-state index contributed by atoms with van der Waals surface area (Å²) in [6.07, 6.45) is 3.74. The van der Waals surface area contributed by atoms with Crippen molar-refractivity contribution in [1.29, 1.82) is 0 Å². The maximum atomic E-state index is 13.0. The Labute approximate surface area is 218 Å². The number of pyridine rings is 1. The van der Waals surface area contributed by atoms with Crippen molar-refractivity contribution in [3.05, 3.63) is 65.9 Å². The van der Waals surface area contributed by atoms with Crippen molar-refractivity contribution in [2.45, 2.75) is 49.6 Å². The third-order valence-corrected chi connectivity index (χ3v) is 8.43. The third kappa shape index (κ3) is 5.42. The van der Waals surface area contributed by atoms with Crippen molar-refractivity contribution in [2.75, 3.05) is 13.1 Å². The number of rotatable bonds is 9. The Balaban J connectivity index is 1.20. The van der Waals surface area contributed by atoms with Gasteiger partial charge in [0.25, 0.3) is 5.91 Å². The van der Waals surface area contributed by atoms with Crippen LogP contribution in [-0.4, -0.2) is 50.1 Å². The van der Waals surface area contributed by atoms with Crippen LogP contribution >= 0.6 is 0 Å². The fraction of sp³-hybridized carbons (Fsp3) is 0.370. The molecule has 1 saturated carbocycles. The second-order valence-corrected chi connectivity index (χ2v) is 11.1.